The van der Waals surface area contributed by atoms with Gasteiger partial charge < -0.3 is 10.6 Å². The zero-order valence-electron chi connectivity index (χ0n) is 11.4. The molecule has 3 rings (SSSR count). The van der Waals surface area contributed by atoms with E-state index in [1.165, 1.54) is 5.56 Å². The third-order valence-electron chi connectivity index (χ3n) is 3.55. The van der Waals surface area contributed by atoms with Crippen molar-refractivity contribution in [3.05, 3.63) is 58.9 Å². The molecule has 2 aromatic rings. The Kier molecular flexibility index (Phi) is 3.48. The first-order valence-electron chi connectivity index (χ1n) is 6.79. The normalized spacial score (nSPS) is 13.7. The molecular weight excluding hydrogens is 250 g/mol. The highest BCUT2D eigenvalue weighted by Gasteiger charge is 2.17. The van der Waals surface area contributed by atoms with Crippen LogP contribution >= 0.6 is 0 Å². The number of rotatable bonds is 2. The average Bonchev–Trinajstić information content (AvgIpc) is 2.46. The summed E-state index contributed by atoms with van der Waals surface area (Å²) in [5, 5.41) is 6.26. The molecule has 0 saturated heterocycles. The summed E-state index contributed by atoms with van der Waals surface area (Å²) >= 11 is 0. The van der Waals surface area contributed by atoms with Crippen molar-refractivity contribution in [3.8, 4) is 0 Å². The van der Waals surface area contributed by atoms with Crippen molar-refractivity contribution in [1.82, 2.24) is 10.3 Å². The molecule has 1 aliphatic heterocycles. The number of aryl methyl sites for hydroxylation is 1. The molecule has 0 spiro atoms. The van der Waals surface area contributed by atoms with Crippen molar-refractivity contribution in [1.29, 1.82) is 0 Å². The highest BCUT2D eigenvalue weighted by molar-refractivity contribution is 6.05. The Hall–Kier alpha value is -2.20. The maximum atomic E-state index is 12.4. The summed E-state index contributed by atoms with van der Waals surface area (Å²) in [7, 11) is 0. The highest BCUT2D eigenvalue weighted by Crippen LogP contribution is 2.20. The van der Waals surface area contributed by atoms with Crippen molar-refractivity contribution in [2.45, 2.75) is 19.9 Å². The van der Waals surface area contributed by atoms with E-state index in [2.05, 4.69) is 21.7 Å². The molecule has 4 heteroatoms. The lowest BCUT2D eigenvalue weighted by atomic mass is 9.95. The molecule has 1 aliphatic rings. The number of anilines is 1. The van der Waals surface area contributed by atoms with Crippen molar-refractivity contribution >= 4 is 11.6 Å². The van der Waals surface area contributed by atoms with Crippen LogP contribution in [-0.2, 0) is 13.0 Å². The van der Waals surface area contributed by atoms with Gasteiger partial charge in [-0.15, -0.1) is 0 Å². The molecule has 1 aromatic carbocycles. The van der Waals surface area contributed by atoms with Crippen LogP contribution in [0.3, 0.4) is 0 Å². The van der Waals surface area contributed by atoms with Crippen LogP contribution < -0.4 is 10.6 Å². The molecule has 0 aliphatic carbocycles. The molecule has 1 aromatic heterocycles. The Bertz CT molecular complexity index is 652. The van der Waals surface area contributed by atoms with Gasteiger partial charge in [-0.25, -0.2) is 0 Å². The molecule has 0 saturated carbocycles. The number of hydrogen-bond donors (Lipinski definition) is 2. The predicted octanol–water partition coefficient (Wildman–Crippen LogP) is 2.29. The maximum absolute atomic E-state index is 12.4. The number of carbonyl (C=O) groups is 1. The Morgan fingerprint density at radius 3 is 3.10 bits per heavy atom. The van der Waals surface area contributed by atoms with E-state index < -0.39 is 0 Å². The van der Waals surface area contributed by atoms with Crippen molar-refractivity contribution in [3.63, 3.8) is 0 Å². The Morgan fingerprint density at radius 1 is 1.35 bits per heavy atom. The van der Waals surface area contributed by atoms with Crippen LogP contribution in [0.4, 0.5) is 5.69 Å². The van der Waals surface area contributed by atoms with Crippen LogP contribution in [-0.4, -0.2) is 17.4 Å². The van der Waals surface area contributed by atoms with Gasteiger partial charge in [-0.1, -0.05) is 12.1 Å². The summed E-state index contributed by atoms with van der Waals surface area (Å²) in [5.41, 5.74) is 4.80. The number of nitrogens with one attached hydrogen (secondary N) is 2. The number of carbonyl (C=O) groups excluding carboxylic acids is 1. The van der Waals surface area contributed by atoms with Crippen LogP contribution in [0.2, 0.25) is 0 Å². The second-order valence-electron chi connectivity index (χ2n) is 5.01. The average molecular weight is 267 g/mol. The van der Waals surface area contributed by atoms with Gasteiger partial charge in [-0.2, -0.15) is 0 Å². The van der Waals surface area contributed by atoms with E-state index in [9.17, 15) is 4.79 Å². The largest absolute Gasteiger partial charge is 0.322 e. The third-order valence-corrected chi connectivity index (χ3v) is 3.55. The number of amides is 1. The summed E-state index contributed by atoms with van der Waals surface area (Å²) < 4.78 is 0. The van der Waals surface area contributed by atoms with Crippen LogP contribution in [0.5, 0.6) is 0 Å². The number of fused-ring (bicyclic) bond motifs is 1. The molecule has 0 bridgehead atoms. The predicted molar refractivity (Wildman–Crippen MR) is 78.8 cm³/mol. The monoisotopic (exact) mass is 267 g/mol. The maximum Gasteiger partial charge on any atom is 0.256 e. The standard InChI is InChI=1S/C16H17N3O/c1-11-9-13(6-8-18-11)19-16(20)14-4-2-3-12-5-7-17-10-15(12)14/h2-4,6,8-9,17H,5,7,10H2,1H3,(H,18,19,20). The van der Waals surface area contributed by atoms with Crippen molar-refractivity contribution < 1.29 is 4.79 Å². The van der Waals surface area contributed by atoms with Crippen LogP contribution in [0.15, 0.2) is 36.5 Å². The smallest absolute Gasteiger partial charge is 0.256 e. The number of benzene rings is 1. The van der Waals surface area contributed by atoms with Crippen LogP contribution in [0.25, 0.3) is 0 Å². The minimum absolute atomic E-state index is 0.0591. The van der Waals surface area contributed by atoms with E-state index in [1.807, 2.05) is 25.1 Å². The van der Waals surface area contributed by atoms with Crippen LogP contribution in [0, 0.1) is 6.92 Å². The van der Waals surface area contributed by atoms with E-state index in [0.717, 1.165) is 42.0 Å². The van der Waals surface area contributed by atoms with Gasteiger partial charge in [0.1, 0.15) is 0 Å². The van der Waals surface area contributed by atoms with Gasteiger partial charge in [0.05, 0.1) is 0 Å². The van der Waals surface area contributed by atoms with Gasteiger partial charge in [0.15, 0.2) is 0 Å². The van der Waals surface area contributed by atoms with E-state index in [0.29, 0.717) is 0 Å². The number of pyridine rings is 1. The minimum Gasteiger partial charge on any atom is -0.322 e. The molecule has 102 valence electrons. The minimum atomic E-state index is -0.0591. The lowest BCUT2D eigenvalue weighted by molar-refractivity contribution is 0.102. The number of hydrogen-bond acceptors (Lipinski definition) is 3. The zero-order valence-corrected chi connectivity index (χ0v) is 11.4. The molecule has 0 atom stereocenters. The molecule has 2 N–H and O–H groups in total. The lowest BCUT2D eigenvalue weighted by Crippen LogP contribution is -2.27. The molecule has 0 unspecified atom stereocenters. The van der Waals surface area contributed by atoms with Gasteiger partial charge >= 0.3 is 0 Å². The first-order valence-corrected chi connectivity index (χ1v) is 6.79. The fourth-order valence-corrected chi connectivity index (χ4v) is 2.55. The van der Waals surface area contributed by atoms with Gasteiger partial charge in [0, 0.05) is 29.7 Å². The van der Waals surface area contributed by atoms with Gasteiger partial charge in [-0.3, -0.25) is 9.78 Å². The van der Waals surface area contributed by atoms with Gasteiger partial charge in [0.2, 0.25) is 0 Å². The first-order chi connectivity index (χ1) is 9.74. The summed E-state index contributed by atoms with van der Waals surface area (Å²) in [5.74, 6) is -0.0591. The molecule has 0 radical (unpaired) electrons. The van der Waals surface area contributed by atoms with E-state index in [-0.39, 0.29) is 5.91 Å². The number of nitrogens with zero attached hydrogens (tertiary/aromatic N) is 1. The third kappa shape index (κ3) is 2.56. The first kappa shape index (κ1) is 12.8. The summed E-state index contributed by atoms with van der Waals surface area (Å²) in [6, 6.07) is 9.61. The molecule has 4 nitrogen and oxygen atoms in total. The summed E-state index contributed by atoms with van der Waals surface area (Å²) in [6.07, 6.45) is 2.68. The summed E-state index contributed by atoms with van der Waals surface area (Å²) in [6.45, 7) is 3.64. The SMILES string of the molecule is Cc1cc(NC(=O)c2cccc3c2CNCC3)ccn1. The van der Waals surface area contributed by atoms with E-state index >= 15 is 0 Å². The summed E-state index contributed by atoms with van der Waals surface area (Å²) in [4.78, 5) is 16.6. The molecule has 1 amide bonds. The highest BCUT2D eigenvalue weighted by atomic mass is 16.1. The Labute approximate surface area is 118 Å². The van der Waals surface area contributed by atoms with Gasteiger partial charge in [-0.05, 0) is 49.2 Å². The van der Waals surface area contributed by atoms with Crippen LogP contribution in [0.1, 0.15) is 27.2 Å². The topological polar surface area (TPSA) is 54.0 Å². The molecule has 20 heavy (non-hydrogen) atoms. The van der Waals surface area contributed by atoms with Crippen molar-refractivity contribution in [2.24, 2.45) is 0 Å². The Morgan fingerprint density at radius 2 is 2.25 bits per heavy atom. The van der Waals surface area contributed by atoms with Crippen molar-refractivity contribution in [2.75, 3.05) is 11.9 Å². The second-order valence-corrected chi connectivity index (χ2v) is 5.01. The second kappa shape index (κ2) is 5.43. The quantitative estimate of drug-likeness (QED) is 0.877. The molecular formula is C16H17N3O. The van der Waals surface area contributed by atoms with E-state index in [1.54, 1.807) is 12.3 Å². The lowest BCUT2D eigenvalue weighted by Gasteiger charge is -2.20. The van der Waals surface area contributed by atoms with Gasteiger partial charge in [0.25, 0.3) is 5.91 Å². The molecule has 0 fully saturated rings. The Balaban J connectivity index is 1.88. The zero-order chi connectivity index (χ0) is 13.9. The molecule has 2 heterocycles. The van der Waals surface area contributed by atoms with E-state index in [4.69, 9.17) is 0 Å². The fourth-order valence-electron chi connectivity index (χ4n) is 2.55. The number of aromatic nitrogens is 1. The fraction of sp³-hybridized carbons (Fsp3) is 0.250.